The number of carbonyl (C=O) groups is 2. The monoisotopic (exact) mass is 908 g/mol. The maximum Gasteiger partial charge on any atom is 0.472 e. The molecule has 63 heavy (non-hydrogen) atoms. The maximum absolute atomic E-state index is 12.8. The molecule has 0 saturated carbocycles. The number of unbranched alkanes of at least 4 members (excludes halogenated alkanes) is 18. The van der Waals surface area contributed by atoms with Crippen LogP contribution in [-0.4, -0.2) is 68.3 Å². The van der Waals surface area contributed by atoms with Gasteiger partial charge in [0.2, 0.25) is 0 Å². The highest BCUT2D eigenvalue weighted by atomic mass is 31.2. The number of likely N-dealkylation sites (N-methyl/N-ethyl adjacent to an activating group) is 1. The molecule has 2 aromatic rings. The molecular weight excluding hydrogens is 818 g/mol. The zero-order valence-electron chi connectivity index (χ0n) is 41.2. The van der Waals surface area contributed by atoms with Gasteiger partial charge in [0, 0.05) is 45.1 Å². The van der Waals surface area contributed by atoms with Crippen LogP contribution in [-0.2, 0) is 58.4 Å². The van der Waals surface area contributed by atoms with Gasteiger partial charge in [-0.05, 0) is 103 Å². The largest absolute Gasteiger partial charge is 0.472 e. The Morgan fingerprint density at radius 1 is 0.540 bits per heavy atom. The summed E-state index contributed by atoms with van der Waals surface area (Å²) in [5.74, 6) is 3.84. The molecule has 0 saturated heterocycles. The number of furan rings is 2. The van der Waals surface area contributed by atoms with E-state index in [1.807, 2.05) is 19.0 Å². The molecule has 2 aromatic heterocycles. The fourth-order valence-corrected chi connectivity index (χ4v) is 8.61. The molecule has 11 nitrogen and oxygen atoms in total. The first-order valence-electron chi connectivity index (χ1n) is 25.0. The van der Waals surface area contributed by atoms with Gasteiger partial charge in [-0.25, -0.2) is 4.57 Å². The van der Waals surface area contributed by atoms with Crippen LogP contribution < -0.4 is 0 Å². The normalized spacial score (nSPS) is 13.2. The van der Waals surface area contributed by atoms with Gasteiger partial charge in [0.15, 0.2) is 6.10 Å². The van der Waals surface area contributed by atoms with Gasteiger partial charge in [0.25, 0.3) is 0 Å². The van der Waals surface area contributed by atoms with Crippen molar-refractivity contribution in [2.24, 2.45) is 0 Å². The molecule has 1 unspecified atom stereocenters. The predicted octanol–water partition coefficient (Wildman–Crippen LogP) is 13.5. The third-order valence-corrected chi connectivity index (χ3v) is 13.3. The Labute approximate surface area is 383 Å². The SMILES string of the molecule is CCCCCc1oc(CCCCCCCCCCC(=O)OC[C@H](COP(=O)(O)OCCN(C)C)OC(=O)CCCCCCCCCCc2oc(CCCCC)c(C)c2C)c(C)c1C. The average molecular weight is 908 g/mol. The first-order valence-corrected chi connectivity index (χ1v) is 26.5. The van der Waals surface area contributed by atoms with E-state index in [2.05, 4.69) is 41.5 Å². The van der Waals surface area contributed by atoms with Crippen molar-refractivity contribution < 1.29 is 46.4 Å². The van der Waals surface area contributed by atoms with Crippen LogP contribution in [0.15, 0.2) is 8.83 Å². The van der Waals surface area contributed by atoms with Crippen LogP contribution in [0.2, 0.25) is 0 Å². The van der Waals surface area contributed by atoms with E-state index < -0.39 is 26.5 Å². The second-order valence-electron chi connectivity index (χ2n) is 18.2. The lowest BCUT2D eigenvalue weighted by molar-refractivity contribution is -0.161. The molecular formula is C51H90NO10P. The standard InChI is InChI=1S/C51H90NO10P/c1-9-11-25-31-46-41(3)43(5)48(61-46)33-27-21-17-13-15-19-23-29-35-50(53)57-39-45(40-59-63(55,56)58-38-37-52(7)8)60-51(54)36-30-24-20-16-14-18-22-28-34-49-44(6)42(4)47(62-49)32-26-12-10-2/h45H,9-40H2,1-8H3,(H,55,56)/t45-/m1/s1. The average Bonchev–Trinajstić information content (AvgIpc) is 3.67. The molecule has 2 heterocycles. The van der Waals surface area contributed by atoms with Crippen molar-refractivity contribution in [1.82, 2.24) is 4.90 Å². The molecule has 0 aliphatic rings. The molecule has 2 rings (SSSR count). The van der Waals surface area contributed by atoms with E-state index in [4.69, 9.17) is 27.4 Å². The molecule has 0 bridgehead atoms. The Hall–Kier alpha value is -2.43. The van der Waals surface area contributed by atoms with E-state index in [-0.39, 0.29) is 32.0 Å². The van der Waals surface area contributed by atoms with Gasteiger partial charge < -0.3 is 28.1 Å². The Morgan fingerprint density at radius 3 is 1.30 bits per heavy atom. The van der Waals surface area contributed by atoms with Gasteiger partial charge in [-0.1, -0.05) is 117 Å². The summed E-state index contributed by atoms with van der Waals surface area (Å²) in [5.41, 5.74) is 5.32. The molecule has 0 aromatic carbocycles. The highest BCUT2D eigenvalue weighted by molar-refractivity contribution is 7.47. The molecule has 2 atom stereocenters. The van der Waals surface area contributed by atoms with Crippen molar-refractivity contribution >= 4 is 19.8 Å². The Kier molecular flexibility index (Phi) is 30.6. The summed E-state index contributed by atoms with van der Waals surface area (Å²) < 4.78 is 46.2. The van der Waals surface area contributed by atoms with Crippen LogP contribution in [0.3, 0.4) is 0 Å². The van der Waals surface area contributed by atoms with Gasteiger partial charge >= 0.3 is 19.8 Å². The molecule has 12 heteroatoms. The van der Waals surface area contributed by atoms with Crippen molar-refractivity contribution in [2.45, 2.75) is 227 Å². The van der Waals surface area contributed by atoms with E-state index >= 15 is 0 Å². The minimum Gasteiger partial charge on any atom is -0.466 e. The highest BCUT2D eigenvalue weighted by Crippen LogP contribution is 2.43. The second kappa shape index (κ2) is 34.0. The topological polar surface area (TPSA) is 138 Å². The zero-order valence-corrected chi connectivity index (χ0v) is 42.1. The zero-order chi connectivity index (χ0) is 46.3. The Balaban J connectivity index is 1.62. The lowest BCUT2D eigenvalue weighted by Crippen LogP contribution is -2.29. The first kappa shape index (κ1) is 56.7. The number of hydrogen-bond acceptors (Lipinski definition) is 10. The van der Waals surface area contributed by atoms with Gasteiger partial charge in [0.1, 0.15) is 29.6 Å². The molecule has 0 spiro atoms. The molecule has 0 amide bonds. The first-order chi connectivity index (χ1) is 30.3. The number of phosphoric acid groups is 1. The van der Waals surface area contributed by atoms with Crippen molar-refractivity contribution in [3.05, 3.63) is 45.3 Å². The summed E-state index contributed by atoms with van der Waals surface area (Å²) in [7, 11) is -0.743. The summed E-state index contributed by atoms with van der Waals surface area (Å²) >= 11 is 0. The van der Waals surface area contributed by atoms with Crippen molar-refractivity contribution in [1.29, 1.82) is 0 Å². The summed E-state index contributed by atoms with van der Waals surface area (Å²) in [5, 5.41) is 0. The van der Waals surface area contributed by atoms with Gasteiger partial charge in [0.05, 0.1) is 13.2 Å². The minimum absolute atomic E-state index is 0.00412. The fraction of sp³-hybridized carbons (Fsp3) is 0.804. The lowest BCUT2D eigenvalue weighted by Gasteiger charge is -2.20. The maximum atomic E-state index is 12.8. The van der Waals surface area contributed by atoms with Crippen LogP contribution in [0.25, 0.3) is 0 Å². The molecule has 0 aliphatic carbocycles. The summed E-state index contributed by atoms with van der Waals surface area (Å²) in [4.78, 5) is 37.4. The van der Waals surface area contributed by atoms with E-state index in [9.17, 15) is 19.0 Å². The minimum atomic E-state index is -4.39. The number of ether oxygens (including phenoxy) is 2. The quantitative estimate of drug-likeness (QED) is 0.0388. The van der Waals surface area contributed by atoms with Gasteiger partial charge in [-0.2, -0.15) is 0 Å². The van der Waals surface area contributed by atoms with Crippen molar-refractivity contribution in [3.63, 3.8) is 0 Å². The molecule has 0 aliphatic heterocycles. The van der Waals surface area contributed by atoms with E-state index in [0.29, 0.717) is 19.4 Å². The van der Waals surface area contributed by atoms with E-state index in [1.165, 1.54) is 111 Å². The second-order valence-corrected chi connectivity index (χ2v) is 19.6. The highest BCUT2D eigenvalue weighted by Gasteiger charge is 2.26. The third kappa shape index (κ3) is 25.7. The third-order valence-electron chi connectivity index (χ3n) is 12.3. The number of rotatable bonds is 40. The van der Waals surface area contributed by atoms with Crippen molar-refractivity contribution in [2.75, 3.05) is 40.5 Å². The van der Waals surface area contributed by atoms with E-state index in [0.717, 1.165) is 88.6 Å². The number of aryl methyl sites for hydroxylation is 4. The Bertz CT molecular complexity index is 1570. The smallest absolute Gasteiger partial charge is 0.466 e. The van der Waals surface area contributed by atoms with Crippen molar-refractivity contribution in [3.8, 4) is 0 Å². The molecule has 0 fully saturated rings. The van der Waals surface area contributed by atoms with E-state index in [1.54, 1.807) is 0 Å². The number of nitrogens with zero attached hydrogens (tertiary/aromatic N) is 1. The lowest BCUT2D eigenvalue weighted by atomic mass is 10.0. The number of phosphoric ester groups is 1. The Morgan fingerprint density at radius 2 is 0.905 bits per heavy atom. The summed E-state index contributed by atoms with van der Waals surface area (Å²) in [6.07, 6.45) is 27.8. The number of esters is 2. The number of carbonyl (C=O) groups excluding carboxylic acids is 2. The van der Waals surface area contributed by atoms with Crippen LogP contribution in [0.1, 0.15) is 213 Å². The van der Waals surface area contributed by atoms with Crippen LogP contribution in [0.4, 0.5) is 0 Å². The van der Waals surface area contributed by atoms with Gasteiger partial charge in [-0.3, -0.25) is 18.6 Å². The molecule has 1 N–H and O–H groups in total. The summed E-state index contributed by atoms with van der Waals surface area (Å²) in [6.45, 7) is 13.0. The fourth-order valence-electron chi connectivity index (χ4n) is 7.87. The van der Waals surface area contributed by atoms with Crippen LogP contribution in [0, 0.1) is 27.7 Å². The number of hydrogen-bond donors (Lipinski definition) is 1. The van der Waals surface area contributed by atoms with Crippen LogP contribution in [0.5, 0.6) is 0 Å². The van der Waals surface area contributed by atoms with Crippen LogP contribution >= 0.6 is 7.82 Å². The molecule has 0 radical (unpaired) electrons. The summed E-state index contributed by atoms with van der Waals surface area (Å²) in [6, 6.07) is 0. The predicted molar refractivity (Wildman–Crippen MR) is 254 cm³/mol. The molecule has 364 valence electrons. The van der Waals surface area contributed by atoms with Gasteiger partial charge in [-0.15, -0.1) is 0 Å².